The summed E-state index contributed by atoms with van der Waals surface area (Å²) < 4.78 is 0. The number of hydrogen-bond donors (Lipinski definition) is 2. The van der Waals surface area contributed by atoms with Gasteiger partial charge in [0.2, 0.25) is 0 Å². The molecule has 0 bridgehead atoms. The molecule has 0 aliphatic carbocycles. The fourth-order valence-corrected chi connectivity index (χ4v) is 2.06. The molecule has 14 heavy (non-hydrogen) atoms. The summed E-state index contributed by atoms with van der Waals surface area (Å²) in [5, 5.41) is 7.35. The van der Waals surface area contributed by atoms with Gasteiger partial charge in [-0.1, -0.05) is 20.3 Å². The SMILES string of the molecule is CCC1CCN(CC(C)C(=N)N)CC1. The number of hydrogen-bond acceptors (Lipinski definition) is 2. The molecule has 3 heteroatoms. The maximum Gasteiger partial charge on any atom is 0.0947 e. The molecule has 1 heterocycles. The minimum Gasteiger partial charge on any atom is -0.387 e. The first kappa shape index (κ1) is 11.5. The summed E-state index contributed by atoms with van der Waals surface area (Å²) >= 11 is 0. The van der Waals surface area contributed by atoms with Crippen LogP contribution in [0.25, 0.3) is 0 Å². The molecule has 0 radical (unpaired) electrons. The zero-order chi connectivity index (χ0) is 10.6. The summed E-state index contributed by atoms with van der Waals surface area (Å²) in [6.45, 7) is 7.66. The van der Waals surface area contributed by atoms with E-state index in [0.717, 1.165) is 12.5 Å². The van der Waals surface area contributed by atoms with Crippen LogP contribution in [0, 0.1) is 17.2 Å². The Labute approximate surface area is 87.2 Å². The van der Waals surface area contributed by atoms with Crippen LogP contribution in [0.15, 0.2) is 0 Å². The van der Waals surface area contributed by atoms with Crippen molar-refractivity contribution in [2.24, 2.45) is 17.6 Å². The Bertz CT molecular complexity index is 183. The molecule has 0 aromatic heterocycles. The molecule has 0 aromatic rings. The van der Waals surface area contributed by atoms with Crippen LogP contribution in [0.4, 0.5) is 0 Å². The molecule has 0 aromatic carbocycles. The van der Waals surface area contributed by atoms with Crippen molar-refractivity contribution in [3.63, 3.8) is 0 Å². The number of likely N-dealkylation sites (tertiary alicyclic amines) is 1. The highest BCUT2D eigenvalue weighted by Crippen LogP contribution is 2.20. The quantitative estimate of drug-likeness (QED) is 0.532. The molecular formula is C11H23N3. The third kappa shape index (κ3) is 3.29. The molecule has 3 nitrogen and oxygen atoms in total. The fourth-order valence-electron chi connectivity index (χ4n) is 2.06. The molecule has 1 fully saturated rings. The van der Waals surface area contributed by atoms with Crippen molar-refractivity contribution in [2.45, 2.75) is 33.1 Å². The maximum atomic E-state index is 7.35. The Morgan fingerprint density at radius 3 is 2.50 bits per heavy atom. The van der Waals surface area contributed by atoms with E-state index in [1.165, 1.54) is 32.4 Å². The van der Waals surface area contributed by atoms with Crippen molar-refractivity contribution >= 4 is 5.84 Å². The minimum absolute atomic E-state index is 0.216. The van der Waals surface area contributed by atoms with Crippen molar-refractivity contribution in [3.8, 4) is 0 Å². The van der Waals surface area contributed by atoms with Gasteiger partial charge in [0.1, 0.15) is 0 Å². The summed E-state index contributed by atoms with van der Waals surface area (Å²) in [6.07, 6.45) is 3.96. The van der Waals surface area contributed by atoms with Crippen molar-refractivity contribution in [3.05, 3.63) is 0 Å². The summed E-state index contributed by atoms with van der Waals surface area (Å²) in [5.41, 5.74) is 5.46. The Kier molecular flexibility index (Phi) is 4.39. The first-order chi connectivity index (χ1) is 6.63. The van der Waals surface area contributed by atoms with E-state index in [0.29, 0.717) is 5.84 Å². The van der Waals surface area contributed by atoms with Gasteiger partial charge in [-0.15, -0.1) is 0 Å². The lowest BCUT2D eigenvalue weighted by Gasteiger charge is -2.32. The average Bonchev–Trinajstić information content (AvgIpc) is 2.19. The highest BCUT2D eigenvalue weighted by atomic mass is 15.1. The van der Waals surface area contributed by atoms with Crippen LogP contribution in [-0.2, 0) is 0 Å². The van der Waals surface area contributed by atoms with Crippen LogP contribution in [0.5, 0.6) is 0 Å². The van der Waals surface area contributed by atoms with E-state index >= 15 is 0 Å². The topological polar surface area (TPSA) is 53.1 Å². The molecule has 0 amide bonds. The Morgan fingerprint density at radius 1 is 1.50 bits per heavy atom. The van der Waals surface area contributed by atoms with E-state index in [4.69, 9.17) is 11.1 Å². The van der Waals surface area contributed by atoms with Crippen LogP contribution < -0.4 is 5.73 Å². The van der Waals surface area contributed by atoms with Crippen LogP contribution in [0.2, 0.25) is 0 Å². The predicted molar refractivity (Wildman–Crippen MR) is 60.5 cm³/mol. The normalized spacial score (nSPS) is 22.1. The van der Waals surface area contributed by atoms with E-state index in [2.05, 4.69) is 11.8 Å². The number of nitrogens with one attached hydrogen (secondary N) is 1. The third-order valence-electron chi connectivity index (χ3n) is 3.35. The van der Waals surface area contributed by atoms with Crippen LogP contribution in [0.3, 0.4) is 0 Å². The van der Waals surface area contributed by atoms with Gasteiger partial charge in [-0.3, -0.25) is 5.41 Å². The van der Waals surface area contributed by atoms with E-state index in [-0.39, 0.29) is 5.92 Å². The van der Waals surface area contributed by atoms with E-state index in [1.54, 1.807) is 0 Å². The molecule has 1 saturated heterocycles. The fraction of sp³-hybridized carbons (Fsp3) is 0.909. The summed E-state index contributed by atoms with van der Waals surface area (Å²) in [5.74, 6) is 1.47. The third-order valence-corrected chi connectivity index (χ3v) is 3.35. The molecule has 0 spiro atoms. The predicted octanol–water partition coefficient (Wildman–Crippen LogP) is 1.68. The highest BCUT2D eigenvalue weighted by Gasteiger charge is 2.19. The van der Waals surface area contributed by atoms with Gasteiger partial charge < -0.3 is 10.6 Å². The minimum atomic E-state index is 0.216. The Hall–Kier alpha value is -0.570. The molecule has 1 aliphatic heterocycles. The Morgan fingerprint density at radius 2 is 2.07 bits per heavy atom. The molecule has 1 rings (SSSR count). The maximum absolute atomic E-state index is 7.35. The summed E-state index contributed by atoms with van der Waals surface area (Å²) in [4.78, 5) is 2.44. The van der Waals surface area contributed by atoms with Gasteiger partial charge in [0.05, 0.1) is 5.84 Å². The second-order valence-corrected chi connectivity index (χ2v) is 4.51. The number of nitrogens with zero attached hydrogens (tertiary/aromatic N) is 1. The van der Waals surface area contributed by atoms with Crippen LogP contribution in [-0.4, -0.2) is 30.4 Å². The van der Waals surface area contributed by atoms with Gasteiger partial charge in [0, 0.05) is 12.5 Å². The molecule has 1 unspecified atom stereocenters. The van der Waals surface area contributed by atoms with E-state index < -0.39 is 0 Å². The first-order valence-electron chi connectivity index (χ1n) is 5.69. The molecular weight excluding hydrogens is 174 g/mol. The van der Waals surface area contributed by atoms with Gasteiger partial charge in [-0.05, 0) is 31.8 Å². The molecule has 3 N–H and O–H groups in total. The first-order valence-corrected chi connectivity index (χ1v) is 5.69. The molecule has 0 saturated carbocycles. The average molecular weight is 197 g/mol. The molecule has 82 valence electrons. The van der Waals surface area contributed by atoms with Gasteiger partial charge in [-0.2, -0.15) is 0 Å². The van der Waals surface area contributed by atoms with Crippen molar-refractivity contribution in [1.29, 1.82) is 5.41 Å². The van der Waals surface area contributed by atoms with Gasteiger partial charge in [0.15, 0.2) is 0 Å². The van der Waals surface area contributed by atoms with Crippen molar-refractivity contribution < 1.29 is 0 Å². The highest BCUT2D eigenvalue weighted by molar-refractivity contribution is 5.79. The number of rotatable bonds is 4. The monoisotopic (exact) mass is 197 g/mol. The lowest BCUT2D eigenvalue weighted by atomic mass is 9.94. The van der Waals surface area contributed by atoms with Crippen LogP contribution >= 0.6 is 0 Å². The van der Waals surface area contributed by atoms with E-state index in [1.807, 2.05) is 6.92 Å². The smallest absolute Gasteiger partial charge is 0.0947 e. The van der Waals surface area contributed by atoms with Gasteiger partial charge >= 0.3 is 0 Å². The lowest BCUT2D eigenvalue weighted by Crippen LogP contribution is -2.39. The van der Waals surface area contributed by atoms with Gasteiger partial charge in [-0.25, -0.2) is 0 Å². The van der Waals surface area contributed by atoms with E-state index in [9.17, 15) is 0 Å². The number of piperidine rings is 1. The lowest BCUT2D eigenvalue weighted by molar-refractivity contribution is 0.173. The van der Waals surface area contributed by atoms with Gasteiger partial charge in [0.25, 0.3) is 0 Å². The summed E-state index contributed by atoms with van der Waals surface area (Å²) in [6, 6.07) is 0. The molecule has 1 atom stereocenters. The number of nitrogens with two attached hydrogens (primary N) is 1. The van der Waals surface area contributed by atoms with Crippen molar-refractivity contribution in [1.82, 2.24) is 4.90 Å². The second-order valence-electron chi connectivity index (χ2n) is 4.51. The van der Waals surface area contributed by atoms with Crippen LogP contribution in [0.1, 0.15) is 33.1 Å². The Balaban J connectivity index is 2.25. The second kappa shape index (κ2) is 5.35. The zero-order valence-corrected chi connectivity index (χ0v) is 9.42. The van der Waals surface area contributed by atoms with Crippen molar-refractivity contribution in [2.75, 3.05) is 19.6 Å². The largest absolute Gasteiger partial charge is 0.387 e. The molecule has 1 aliphatic rings. The zero-order valence-electron chi connectivity index (χ0n) is 9.42. The summed E-state index contributed by atoms with van der Waals surface area (Å²) in [7, 11) is 0. The number of amidine groups is 1. The standard InChI is InChI=1S/C11H23N3/c1-3-10-4-6-14(7-5-10)8-9(2)11(12)13/h9-10H,3-8H2,1-2H3,(H3,12,13).